The van der Waals surface area contributed by atoms with E-state index in [0.29, 0.717) is 0 Å². The molecule has 0 unspecified atom stereocenters. The maximum Gasteiger partial charge on any atom is 0.196 e. The Labute approximate surface area is 169 Å². The van der Waals surface area contributed by atoms with Crippen molar-refractivity contribution in [2.24, 2.45) is 0 Å². The van der Waals surface area contributed by atoms with Crippen molar-refractivity contribution in [1.82, 2.24) is 14.8 Å². The molecule has 1 aromatic heterocycles. The van der Waals surface area contributed by atoms with Crippen LogP contribution >= 0.6 is 11.8 Å². The molecule has 0 bridgehead atoms. The van der Waals surface area contributed by atoms with Crippen molar-refractivity contribution in [2.45, 2.75) is 17.8 Å². The summed E-state index contributed by atoms with van der Waals surface area (Å²) in [5.41, 5.74) is 4.55. The van der Waals surface area contributed by atoms with Crippen LogP contribution in [0.3, 0.4) is 0 Å². The van der Waals surface area contributed by atoms with Crippen LogP contribution in [0.25, 0.3) is 17.1 Å². The minimum atomic E-state index is 0.800. The molecular formula is C23H21N3OS. The largest absolute Gasteiger partial charge is 0.497 e. The molecular weight excluding hydrogens is 366 g/mol. The monoisotopic (exact) mass is 387 g/mol. The first-order chi connectivity index (χ1) is 13.7. The van der Waals surface area contributed by atoms with E-state index in [1.165, 1.54) is 11.1 Å². The van der Waals surface area contributed by atoms with Crippen LogP contribution in [-0.4, -0.2) is 21.9 Å². The van der Waals surface area contributed by atoms with Gasteiger partial charge in [0.05, 0.1) is 7.11 Å². The highest BCUT2D eigenvalue weighted by Gasteiger charge is 2.16. The second kappa shape index (κ2) is 8.31. The van der Waals surface area contributed by atoms with Crippen LogP contribution in [0.2, 0.25) is 0 Å². The molecule has 140 valence electrons. The summed E-state index contributed by atoms with van der Waals surface area (Å²) in [6.45, 7) is 2.11. The summed E-state index contributed by atoms with van der Waals surface area (Å²) in [5, 5.41) is 9.87. The maximum atomic E-state index is 5.38. The zero-order valence-electron chi connectivity index (χ0n) is 15.9. The third kappa shape index (κ3) is 3.94. The smallest absolute Gasteiger partial charge is 0.196 e. The Hall–Kier alpha value is -3.05. The van der Waals surface area contributed by atoms with Gasteiger partial charge in [0.1, 0.15) is 5.75 Å². The highest BCUT2D eigenvalue weighted by Crippen LogP contribution is 2.31. The third-order valence-corrected chi connectivity index (χ3v) is 5.43. The van der Waals surface area contributed by atoms with Gasteiger partial charge in [-0.25, -0.2) is 0 Å². The Morgan fingerprint density at radius 2 is 1.71 bits per heavy atom. The van der Waals surface area contributed by atoms with E-state index in [4.69, 9.17) is 4.74 Å². The number of methoxy groups -OCH3 is 1. The lowest BCUT2D eigenvalue weighted by molar-refractivity contribution is 0.415. The molecule has 3 aromatic carbocycles. The zero-order chi connectivity index (χ0) is 19.3. The molecule has 0 radical (unpaired) electrons. The molecule has 0 fully saturated rings. The molecule has 0 saturated heterocycles. The fraction of sp³-hybridized carbons (Fsp3) is 0.130. The number of hydrogen-bond acceptors (Lipinski definition) is 4. The summed E-state index contributed by atoms with van der Waals surface area (Å²) in [7, 11) is 1.67. The molecule has 0 N–H and O–H groups in total. The molecule has 0 aliphatic rings. The molecule has 0 amide bonds. The lowest BCUT2D eigenvalue weighted by atomic mass is 10.2. The first-order valence-electron chi connectivity index (χ1n) is 9.08. The van der Waals surface area contributed by atoms with Gasteiger partial charge in [0, 0.05) is 17.0 Å². The molecule has 4 nitrogen and oxygen atoms in total. The van der Waals surface area contributed by atoms with Crippen molar-refractivity contribution in [3.63, 3.8) is 0 Å². The summed E-state index contributed by atoms with van der Waals surface area (Å²) in [6.07, 6.45) is 0. The van der Waals surface area contributed by atoms with Crippen molar-refractivity contribution in [1.29, 1.82) is 0 Å². The number of ether oxygens (including phenoxy) is 1. The van der Waals surface area contributed by atoms with Crippen LogP contribution in [0.4, 0.5) is 0 Å². The van der Waals surface area contributed by atoms with Crippen LogP contribution in [0.5, 0.6) is 5.75 Å². The van der Waals surface area contributed by atoms with Gasteiger partial charge in [0.15, 0.2) is 11.0 Å². The Balaban J connectivity index is 1.73. The topological polar surface area (TPSA) is 39.9 Å². The van der Waals surface area contributed by atoms with Gasteiger partial charge in [-0.3, -0.25) is 4.57 Å². The van der Waals surface area contributed by atoms with Crippen molar-refractivity contribution >= 4 is 11.8 Å². The van der Waals surface area contributed by atoms with E-state index < -0.39 is 0 Å². The first-order valence-corrected chi connectivity index (χ1v) is 10.1. The van der Waals surface area contributed by atoms with Crippen molar-refractivity contribution < 1.29 is 4.74 Å². The Kier molecular flexibility index (Phi) is 5.44. The molecule has 1 heterocycles. The van der Waals surface area contributed by atoms with Gasteiger partial charge >= 0.3 is 0 Å². The number of nitrogens with zero attached hydrogens (tertiary/aromatic N) is 3. The number of thioether (sulfide) groups is 1. The Bertz CT molecular complexity index is 1080. The Morgan fingerprint density at radius 3 is 2.50 bits per heavy atom. The van der Waals surface area contributed by atoms with E-state index >= 15 is 0 Å². The summed E-state index contributed by atoms with van der Waals surface area (Å²) in [5.74, 6) is 2.44. The van der Waals surface area contributed by atoms with E-state index in [2.05, 4.69) is 58.1 Å². The summed E-state index contributed by atoms with van der Waals surface area (Å²) < 4.78 is 7.49. The van der Waals surface area contributed by atoms with E-state index in [9.17, 15) is 0 Å². The fourth-order valence-electron chi connectivity index (χ4n) is 3.07. The van der Waals surface area contributed by atoms with Gasteiger partial charge in [-0.05, 0) is 36.8 Å². The van der Waals surface area contributed by atoms with Gasteiger partial charge < -0.3 is 4.74 Å². The first kappa shape index (κ1) is 18.3. The molecule has 4 rings (SSSR count). The van der Waals surface area contributed by atoms with Crippen LogP contribution in [0.1, 0.15) is 11.1 Å². The van der Waals surface area contributed by atoms with Crippen molar-refractivity contribution in [2.75, 3.05) is 7.11 Å². The molecule has 0 atom stereocenters. The van der Waals surface area contributed by atoms with E-state index in [1.54, 1.807) is 18.9 Å². The SMILES string of the molecule is COc1cccc(-c2nnc(SCc3cccc(C)c3)n2-c2ccccc2)c1. The van der Waals surface area contributed by atoms with Crippen LogP contribution < -0.4 is 4.74 Å². The number of hydrogen-bond donors (Lipinski definition) is 0. The Morgan fingerprint density at radius 1 is 0.893 bits per heavy atom. The quantitative estimate of drug-likeness (QED) is 0.407. The minimum Gasteiger partial charge on any atom is -0.497 e. The van der Waals surface area contributed by atoms with Crippen LogP contribution in [0, 0.1) is 6.92 Å². The number of aryl methyl sites for hydroxylation is 1. The third-order valence-electron chi connectivity index (χ3n) is 4.43. The highest BCUT2D eigenvalue weighted by molar-refractivity contribution is 7.98. The molecule has 0 saturated carbocycles. The highest BCUT2D eigenvalue weighted by atomic mass is 32.2. The summed E-state index contributed by atoms with van der Waals surface area (Å²) >= 11 is 1.69. The number of benzene rings is 3. The second-order valence-corrected chi connectivity index (χ2v) is 7.43. The predicted molar refractivity (Wildman–Crippen MR) is 114 cm³/mol. The maximum absolute atomic E-state index is 5.38. The normalized spacial score (nSPS) is 10.8. The molecule has 0 aliphatic heterocycles. The van der Waals surface area contributed by atoms with Gasteiger partial charge in [-0.2, -0.15) is 0 Å². The lowest BCUT2D eigenvalue weighted by Crippen LogP contribution is -2.00. The number of para-hydroxylation sites is 1. The van der Waals surface area contributed by atoms with Crippen molar-refractivity contribution in [3.8, 4) is 22.8 Å². The van der Waals surface area contributed by atoms with E-state index in [1.807, 2.05) is 42.5 Å². The standard InChI is InChI=1S/C23H21N3OS/c1-17-8-6-9-18(14-17)16-28-23-25-24-22(19-10-7-13-21(15-19)27-2)26(23)20-11-4-3-5-12-20/h3-15H,16H2,1-2H3. The van der Waals surface area contributed by atoms with Gasteiger partial charge in [-0.15, -0.1) is 10.2 Å². The summed E-state index contributed by atoms with van der Waals surface area (Å²) in [4.78, 5) is 0. The fourth-order valence-corrected chi connectivity index (χ4v) is 3.97. The van der Waals surface area contributed by atoms with Gasteiger partial charge in [-0.1, -0.05) is 71.9 Å². The minimum absolute atomic E-state index is 0.800. The average Bonchev–Trinajstić information content (AvgIpc) is 3.17. The zero-order valence-corrected chi connectivity index (χ0v) is 16.7. The van der Waals surface area contributed by atoms with Crippen LogP contribution in [0.15, 0.2) is 84.0 Å². The second-order valence-electron chi connectivity index (χ2n) is 6.49. The number of aromatic nitrogens is 3. The molecule has 5 heteroatoms. The summed E-state index contributed by atoms with van der Waals surface area (Å²) in [6, 6.07) is 26.7. The average molecular weight is 388 g/mol. The van der Waals surface area contributed by atoms with Crippen LogP contribution in [-0.2, 0) is 5.75 Å². The van der Waals surface area contributed by atoms with E-state index in [0.717, 1.165) is 33.7 Å². The predicted octanol–water partition coefficient (Wildman–Crippen LogP) is 5.54. The van der Waals surface area contributed by atoms with Gasteiger partial charge in [0.2, 0.25) is 0 Å². The lowest BCUT2D eigenvalue weighted by Gasteiger charge is -2.11. The molecule has 4 aromatic rings. The molecule has 0 aliphatic carbocycles. The van der Waals surface area contributed by atoms with Crippen molar-refractivity contribution in [3.05, 3.63) is 90.0 Å². The number of rotatable bonds is 6. The van der Waals surface area contributed by atoms with E-state index in [-0.39, 0.29) is 0 Å². The molecule has 28 heavy (non-hydrogen) atoms. The van der Waals surface area contributed by atoms with Gasteiger partial charge in [0.25, 0.3) is 0 Å². The molecule has 0 spiro atoms.